The minimum absolute atomic E-state index is 0.712. The van der Waals surface area contributed by atoms with Crippen LogP contribution in [-0.2, 0) is 0 Å². The molecule has 2 saturated carbocycles. The Balaban J connectivity index is 1.57. The van der Waals surface area contributed by atoms with Gasteiger partial charge >= 0.3 is 0 Å². The predicted octanol–water partition coefficient (Wildman–Crippen LogP) is 1.16. The van der Waals surface area contributed by atoms with Crippen LogP contribution < -0.4 is 10.9 Å². The normalized spacial score (nSPS) is 48.8. The molecule has 2 N–H and O–H groups in total. The van der Waals surface area contributed by atoms with Gasteiger partial charge in [0.05, 0.1) is 12.1 Å². The molecule has 4 aliphatic rings. The van der Waals surface area contributed by atoms with Crippen LogP contribution in [0.25, 0.3) is 0 Å². The largest absolute Gasteiger partial charge is 0.235 e. The zero-order chi connectivity index (χ0) is 10.5. The molecule has 4 fully saturated rings. The molecule has 0 spiro atoms. The molecule has 4 unspecified atom stereocenters. The Bertz CT molecular complexity index is 254. The third-order valence-corrected chi connectivity index (χ3v) is 4.92. The lowest BCUT2D eigenvalue weighted by molar-refractivity contribution is -0.0460. The van der Waals surface area contributed by atoms with Crippen molar-refractivity contribution in [3.05, 3.63) is 0 Å². The maximum Gasteiger partial charge on any atom is 0.0583 e. The number of hydrogen-bond donors (Lipinski definition) is 2. The molecule has 0 radical (unpaired) electrons. The van der Waals surface area contributed by atoms with Crippen LogP contribution in [0.3, 0.4) is 0 Å². The van der Waals surface area contributed by atoms with E-state index >= 15 is 0 Å². The molecule has 4 nitrogen and oxygen atoms in total. The highest BCUT2D eigenvalue weighted by molar-refractivity contribution is 4.99. The zero-order valence-corrected chi connectivity index (χ0v) is 9.86. The van der Waals surface area contributed by atoms with E-state index in [4.69, 9.17) is 0 Å². The van der Waals surface area contributed by atoms with E-state index < -0.39 is 0 Å². The Hall–Kier alpha value is -0.160. The van der Waals surface area contributed by atoms with Crippen molar-refractivity contribution in [2.45, 2.75) is 75.5 Å². The van der Waals surface area contributed by atoms with Crippen LogP contribution in [0, 0.1) is 0 Å². The van der Waals surface area contributed by atoms with Crippen LogP contribution in [0.2, 0.25) is 0 Å². The minimum Gasteiger partial charge on any atom is -0.235 e. The van der Waals surface area contributed by atoms with Gasteiger partial charge in [-0.3, -0.25) is 0 Å². The lowest BCUT2D eigenvalue weighted by atomic mass is 9.90. The van der Waals surface area contributed by atoms with Crippen LogP contribution in [0.4, 0.5) is 0 Å². The van der Waals surface area contributed by atoms with Gasteiger partial charge in [-0.25, -0.2) is 10.9 Å². The van der Waals surface area contributed by atoms with Gasteiger partial charge in [0.15, 0.2) is 0 Å². The maximum atomic E-state index is 3.75. The molecule has 90 valence electrons. The number of fused-ring (bicyclic) bond motifs is 5. The SMILES string of the molecule is C1CCC2C(C1)NN1C3CCCCC3NN21. The van der Waals surface area contributed by atoms with E-state index in [1.807, 2.05) is 0 Å². The average Bonchev–Trinajstić information content (AvgIpc) is 2.85. The van der Waals surface area contributed by atoms with Crippen LogP contribution in [0.5, 0.6) is 0 Å². The first kappa shape index (κ1) is 9.83. The quantitative estimate of drug-likeness (QED) is 0.644. The molecule has 4 atom stereocenters. The highest BCUT2D eigenvalue weighted by atomic mass is 16.0. The van der Waals surface area contributed by atoms with Crippen molar-refractivity contribution in [3.8, 4) is 0 Å². The van der Waals surface area contributed by atoms with Crippen molar-refractivity contribution in [1.29, 1.82) is 0 Å². The van der Waals surface area contributed by atoms with Crippen molar-refractivity contribution in [3.63, 3.8) is 0 Å². The van der Waals surface area contributed by atoms with Gasteiger partial charge in [0.25, 0.3) is 0 Å². The molecular formula is C12H22N4. The summed E-state index contributed by atoms with van der Waals surface area (Å²) in [4.78, 5) is 0. The van der Waals surface area contributed by atoms with Gasteiger partial charge in [-0.2, -0.15) is 10.2 Å². The molecule has 0 aromatic heterocycles. The fraction of sp³-hybridized carbons (Fsp3) is 1.00. The van der Waals surface area contributed by atoms with E-state index in [1.54, 1.807) is 0 Å². The van der Waals surface area contributed by atoms with Crippen molar-refractivity contribution in [2.24, 2.45) is 0 Å². The van der Waals surface area contributed by atoms with E-state index in [1.165, 1.54) is 51.4 Å². The molecule has 2 aliphatic heterocycles. The van der Waals surface area contributed by atoms with Gasteiger partial charge in [0, 0.05) is 12.1 Å². The van der Waals surface area contributed by atoms with Crippen molar-refractivity contribution in [2.75, 3.05) is 0 Å². The van der Waals surface area contributed by atoms with E-state index in [2.05, 4.69) is 21.1 Å². The smallest absolute Gasteiger partial charge is 0.0583 e. The summed E-state index contributed by atoms with van der Waals surface area (Å²) < 4.78 is 0. The minimum atomic E-state index is 0.712. The van der Waals surface area contributed by atoms with Gasteiger partial charge < -0.3 is 0 Å². The second kappa shape index (κ2) is 3.67. The Morgan fingerprint density at radius 3 is 1.56 bits per heavy atom. The highest BCUT2D eigenvalue weighted by Gasteiger charge is 2.51. The Labute approximate surface area is 97.3 Å². The summed E-state index contributed by atoms with van der Waals surface area (Å²) in [6.07, 6.45) is 11.1. The van der Waals surface area contributed by atoms with E-state index in [0.717, 1.165) is 12.1 Å². The van der Waals surface area contributed by atoms with Crippen molar-refractivity contribution in [1.82, 2.24) is 21.1 Å². The molecule has 0 amide bonds. The van der Waals surface area contributed by atoms with E-state index in [9.17, 15) is 0 Å². The highest BCUT2D eigenvalue weighted by Crippen LogP contribution is 2.36. The summed E-state index contributed by atoms with van der Waals surface area (Å²) in [6.45, 7) is 0. The number of rotatable bonds is 0. The number of hydrazine groups is 3. The van der Waals surface area contributed by atoms with Crippen LogP contribution in [0.15, 0.2) is 0 Å². The molecule has 2 aliphatic carbocycles. The maximum absolute atomic E-state index is 3.75. The summed E-state index contributed by atoms with van der Waals surface area (Å²) in [5.41, 5.74) is 7.50. The van der Waals surface area contributed by atoms with Crippen LogP contribution >= 0.6 is 0 Å². The molecule has 0 bridgehead atoms. The molecule has 2 saturated heterocycles. The lowest BCUT2D eigenvalue weighted by Gasteiger charge is -2.30. The van der Waals surface area contributed by atoms with Gasteiger partial charge in [0.2, 0.25) is 0 Å². The third kappa shape index (κ3) is 1.30. The Kier molecular flexibility index (Phi) is 2.25. The lowest BCUT2D eigenvalue weighted by Crippen LogP contribution is -2.47. The summed E-state index contributed by atoms with van der Waals surface area (Å²) in [7, 11) is 0. The second-order valence-electron chi connectivity index (χ2n) is 5.86. The predicted molar refractivity (Wildman–Crippen MR) is 62.0 cm³/mol. The van der Waals surface area contributed by atoms with Crippen molar-refractivity contribution >= 4 is 0 Å². The molecule has 0 aromatic rings. The Morgan fingerprint density at radius 2 is 1.06 bits per heavy atom. The fourth-order valence-corrected chi connectivity index (χ4v) is 4.08. The van der Waals surface area contributed by atoms with E-state index in [-0.39, 0.29) is 0 Å². The molecule has 16 heavy (non-hydrogen) atoms. The number of hydrogen-bond acceptors (Lipinski definition) is 4. The first-order chi connectivity index (χ1) is 7.93. The molecular weight excluding hydrogens is 200 g/mol. The van der Waals surface area contributed by atoms with Crippen molar-refractivity contribution < 1.29 is 0 Å². The molecule has 4 rings (SSSR count). The summed E-state index contributed by atoms with van der Waals surface area (Å²) in [6, 6.07) is 2.87. The summed E-state index contributed by atoms with van der Waals surface area (Å²) in [5.74, 6) is 0. The first-order valence-electron chi connectivity index (χ1n) is 7.04. The topological polar surface area (TPSA) is 30.5 Å². The Morgan fingerprint density at radius 1 is 0.625 bits per heavy atom. The summed E-state index contributed by atoms with van der Waals surface area (Å²) in [5, 5.41) is 4.90. The van der Waals surface area contributed by atoms with Crippen LogP contribution in [0.1, 0.15) is 51.4 Å². The first-order valence-corrected chi connectivity index (χ1v) is 7.04. The molecule has 2 heterocycles. The van der Waals surface area contributed by atoms with Gasteiger partial charge in [-0.1, -0.05) is 25.7 Å². The second-order valence-corrected chi connectivity index (χ2v) is 5.86. The zero-order valence-electron chi connectivity index (χ0n) is 9.86. The van der Waals surface area contributed by atoms with Gasteiger partial charge in [0.1, 0.15) is 0 Å². The summed E-state index contributed by atoms with van der Waals surface area (Å²) >= 11 is 0. The third-order valence-electron chi connectivity index (χ3n) is 4.92. The standard InChI is InChI=1S/C12H22N4/c1-3-7-11-9(5-1)13-16-12-8-4-2-6-10(12)14-15(11)16/h9-14H,1-8H2. The molecule has 4 heteroatoms. The number of nitrogens with one attached hydrogen (secondary N) is 2. The monoisotopic (exact) mass is 222 g/mol. The average molecular weight is 222 g/mol. The van der Waals surface area contributed by atoms with Gasteiger partial charge in [-0.05, 0) is 25.7 Å². The fourth-order valence-electron chi connectivity index (χ4n) is 4.08. The molecule has 0 aromatic carbocycles. The van der Waals surface area contributed by atoms with Crippen LogP contribution in [-0.4, -0.2) is 34.4 Å². The van der Waals surface area contributed by atoms with Gasteiger partial charge in [-0.15, -0.1) is 0 Å². The van der Waals surface area contributed by atoms with E-state index in [0.29, 0.717) is 12.1 Å². The number of nitrogens with zero attached hydrogens (tertiary/aromatic N) is 2.